The molecule has 0 spiro atoms. The van der Waals surface area contributed by atoms with Gasteiger partial charge in [-0.25, -0.2) is 4.68 Å². The van der Waals surface area contributed by atoms with Gasteiger partial charge in [0.2, 0.25) is 5.91 Å². The normalized spacial score (nSPS) is 16.5. The Labute approximate surface area is 113 Å². The van der Waals surface area contributed by atoms with Crippen LogP contribution in [0.5, 0.6) is 0 Å². The molecular weight excluding hydrogens is 242 g/mol. The Hall–Kier alpha value is -1.43. The van der Waals surface area contributed by atoms with Gasteiger partial charge in [-0.2, -0.15) is 0 Å². The zero-order chi connectivity index (χ0) is 13.5. The largest absolute Gasteiger partial charge is 0.352 e. The van der Waals surface area contributed by atoms with Gasteiger partial charge >= 0.3 is 0 Å². The summed E-state index contributed by atoms with van der Waals surface area (Å²) in [5.41, 5.74) is 0.868. The first-order valence-electron chi connectivity index (χ1n) is 7.17. The van der Waals surface area contributed by atoms with E-state index in [4.69, 9.17) is 0 Å². The number of carbonyl (C=O) groups is 1. The minimum absolute atomic E-state index is 0.0341. The zero-order valence-electron chi connectivity index (χ0n) is 11.6. The first kappa shape index (κ1) is 14.0. The van der Waals surface area contributed by atoms with Crippen LogP contribution in [0.15, 0.2) is 6.20 Å². The average Bonchev–Trinajstić information content (AvgIpc) is 2.85. The fraction of sp³-hybridized carbons (Fsp3) is 0.769. The Morgan fingerprint density at radius 2 is 2.21 bits per heavy atom. The molecular formula is C13H23N5O. The Morgan fingerprint density at radius 1 is 1.42 bits per heavy atom. The van der Waals surface area contributed by atoms with Crippen molar-refractivity contribution in [2.45, 2.75) is 58.2 Å². The Kier molecular flexibility index (Phi) is 5.32. The summed E-state index contributed by atoms with van der Waals surface area (Å²) >= 11 is 0. The number of hydrogen-bond acceptors (Lipinski definition) is 4. The van der Waals surface area contributed by atoms with Gasteiger partial charge in [0.25, 0.3) is 0 Å². The van der Waals surface area contributed by atoms with Crippen LogP contribution in [0.3, 0.4) is 0 Å². The second-order valence-electron chi connectivity index (χ2n) is 5.09. The van der Waals surface area contributed by atoms with Crippen LogP contribution in [0.1, 0.15) is 44.7 Å². The van der Waals surface area contributed by atoms with E-state index in [0.717, 1.165) is 25.1 Å². The summed E-state index contributed by atoms with van der Waals surface area (Å²) in [6.07, 6.45) is 7.78. The lowest BCUT2D eigenvalue weighted by molar-refractivity contribution is -0.122. The molecule has 0 aromatic carbocycles. The van der Waals surface area contributed by atoms with Crippen LogP contribution in [-0.4, -0.2) is 33.5 Å². The fourth-order valence-electron chi connectivity index (χ4n) is 2.42. The molecule has 6 nitrogen and oxygen atoms in total. The lowest BCUT2D eigenvalue weighted by atomic mass is 9.95. The van der Waals surface area contributed by atoms with Crippen molar-refractivity contribution in [3.8, 4) is 0 Å². The maximum absolute atomic E-state index is 11.9. The highest BCUT2D eigenvalue weighted by Crippen LogP contribution is 2.17. The van der Waals surface area contributed by atoms with E-state index in [1.165, 1.54) is 19.3 Å². The standard InChI is InChI=1S/C13H23N5O/c1-2-14-8-12-9-18(17-16-12)10-13(19)15-11-6-4-3-5-7-11/h9,11,14H,2-8,10H2,1H3,(H,15,19). The van der Waals surface area contributed by atoms with E-state index in [0.29, 0.717) is 12.6 Å². The molecule has 19 heavy (non-hydrogen) atoms. The quantitative estimate of drug-likeness (QED) is 0.799. The molecule has 2 N–H and O–H groups in total. The van der Waals surface area contributed by atoms with Crippen LogP contribution in [0.4, 0.5) is 0 Å². The summed E-state index contributed by atoms with van der Waals surface area (Å²) in [7, 11) is 0. The predicted molar refractivity (Wildman–Crippen MR) is 72.4 cm³/mol. The minimum Gasteiger partial charge on any atom is -0.352 e. The Balaban J connectivity index is 1.76. The average molecular weight is 265 g/mol. The van der Waals surface area contributed by atoms with Gasteiger partial charge in [0.15, 0.2) is 0 Å². The second-order valence-corrected chi connectivity index (χ2v) is 5.09. The second kappa shape index (κ2) is 7.23. The van der Waals surface area contributed by atoms with E-state index >= 15 is 0 Å². The van der Waals surface area contributed by atoms with E-state index in [1.54, 1.807) is 4.68 Å². The maximum Gasteiger partial charge on any atom is 0.242 e. The Morgan fingerprint density at radius 3 is 2.95 bits per heavy atom. The molecule has 0 radical (unpaired) electrons. The smallest absolute Gasteiger partial charge is 0.242 e. The molecule has 6 heteroatoms. The van der Waals surface area contributed by atoms with E-state index in [1.807, 2.05) is 13.1 Å². The molecule has 1 saturated carbocycles. The predicted octanol–water partition coefficient (Wildman–Crippen LogP) is 0.836. The van der Waals surface area contributed by atoms with Crippen molar-refractivity contribution in [3.63, 3.8) is 0 Å². The van der Waals surface area contributed by atoms with E-state index < -0.39 is 0 Å². The minimum atomic E-state index is 0.0341. The van der Waals surface area contributed by atoms with Gasteiger partial charge in [-0.05, 0) is 19.4 Å². The number of aromatic nitrogens is 3. The number of carbonyl (C=O) groups excluding carboxylic acids is 1. The Bertz CT molecular complexity index is 397. The third kappa shape index (κ3) is 4.63. The first-order chi connectivity index (χ1) is 9.28. The third-order valence-electron chi connectivity index (χ3n) is 3.42. The van der Waals surface area contributed by atoms with Gasteiger partial charge < -0.3 is 10.6 Å². The zero-order valence-corrected chi connectivity index (χ0v) is 11.6. The number of hydrogen-bond donors (Lipinski definition) is 2. The molecule has 106 valence electrons. The van der Waals surface area contributed by atoms with Crippen LogP contribution < -0.4 is 10.6 Å². The van der Waals surface area contributed by atoms with Crippen molar-refractivity contribution in [2.24, 2.45) is 0 Å². The molecule has 1 fully saturated rings. The molecule has 1 aromatic rings. The number of rotatable bonds is 6. The van der Waals surface area contributed by atoms with Crippen LogP contribution in [0, 0.1) is 0 Å². The van der Waals surface area contributed by atoms with Gasteiger partial charge in [-0.3, -0.25) is 4.79 Å². The molecule has 0 unspecified atom stereocenters. The van der Waals surface area contributed by atoms with Crippen LogP contribution in [0.2, 0.25) is 0 Å². The van der Waals surface area contributed by atoms with Gasteiger partial charge in [0, 0.05) is 12.6 Å². The van der Waals surface area contributed by atoms with Gasteiger partial charge in [0.1, 0.15) is 6.54 Å². The third-order valence-corrected chi connectivity index (χ3v) is 3.42. The monoisotopic (exact) mass is 265 g/mol. The molecule has 0 aliphatic heterocycles. The van der Waals surface area contributed by atoms with Crippen molar-refractivity contribution in [2.75, 3.05) is 6.54 Å². The lowest BCUT2D eigenvalue weighted by Crippen LogP contribution is -2.38. The van der Waals surface area contributed by atoms with Crippen molar-refractivity contribution in [3.05, 3.63) is 11.9 Å². The number of nitrogens with one attached hydrogen (secondary N) is 2. The molecule has 0 saturated heterocycles. The SMILES string of the molecule is CCNCc1cn(CC(=O)NC2CCCCC2)nn1. The summed E-state index contributed by atoms with van der Waals surface area (Å²) in [6.45, 7) is 3.90. The lowest BCUT2D eigenvalue weighted by Gasteiger charge is -2.22. The summed E-state index contributed by atoms with van der Waals surface area (Å²) in [5, 5.41) is 14.2. The van der Waals surface area contributed by atoms with Crippen molar-refractivity contribution in [1.82, 2.24) is 25.6 Å². The van der Waals surface area contributed by atoms with E-state index in [-0.39, 0.29) is 12.5 Å². The van der Waals surface area contributed by atoms with Gasteiger partial charge in [0.05, 0.1) is 11.9 Å². The molecule has 1 amide bonds. The van der Waals surface area contributed by atoms with Crippen molar-refractivity contribution in [1.29, 1.82) is 0 Å². The fourth-order valence-corrected chi connectivity index (χ4v) is 2.42. The molecule has 0 atom stereocenters. The highest BCUT2D eigenvalue weighted by Gasteiger charge is 2.16. The number of amides is 1. The van der Waals surface area contributed by atoms with Crippen molar-refractivity contribution < 1.29 is 4.79 Å². The molecule has 0 bridgehead atoms. The maximum atomic E-state index is 11.9. The number of nitrogens with zero attached hydrogens (tertiary/aromatic N) is 3. The molecule has 1 aliphatic rings. The topological polar surface area (TPSA) is 71.8 Å². The van der Waals surface area contributed by atoms with Gasteiger partial charge in [-0.15, -0.1) is 5.10 Å². The van der Waals surface area contributed by atoms with Crippen LogP contribution >= 0.6 is 0 Å². The van der Waals surface area contributed by atoms with E-state index in [9.17, 15) is 4.79 Å². The summed E-state index contributed by atoms with van der Waals surface area (Å²) in [6, 6.07) is 0.353. The summed E-state index contributed by atoms with van der Waals surface area (Å²) < 4.78 is 1.60. The molecule has 1 aliphatic carbocycles. The highest BCUT2D eigenvalue weighted by molar-refractivity contribution is 5.75. The summed E-state index contributed by atoms with van der Waals surface area (Å²) in [4.78, 5) is 11.9. The van der Waals surface area contributed by atoms with Crippen LogP contribution in [-0.2, 0) is 17.9 Å². The van der Waals surface area contributed by atoms with Crippen molar-refractivity contribution >= 4 is 5.91 Å². The van der Waals surface area contributed by atoms with E-state index in [2.05, 4.69) is 20.9 Å². The summed E-state index contributed by atoms with van der Waals surface area (Å²) in [5.74, 6) is 0.0341. The molecule has 1 aromatic heterocycles. The highest BCUT2D eigenvalue weighted by atomic mass is 16.2. The van der Waals surface area contributed by atoms with Gasteiger partial charge in [-0.1, -0.05) is 31.4 Å². The molecule has 1 heterocycles. The molecule has 2 rings (SSSR count). The first-order valence-corrected chi connectivity index (χ1v) is 7.17. The van der Waals surface area contributed by atoms with Crippen LogP contribution in [0.25, 0.3) is 0 Å².